The zero-order valence-electron chi connectivity index (χ0n) is 11.7. The zero-order valence-corrected chi connectivity index (χ0v) is 13.2. The lowest BCUT2D eigenvalue weighted by Gasteiger charge is -2.36. The number of hydrogen-bond acceptors (Lipinski definition) is 1. The second-order valence-electron chi connectivity index (χ2n) is 6.15. The Morgan fingerprint density at radius 3 is 2.42 bits per heavy atom. The molecule has 0 spiro atoms. The number of hydrogen-bond donors (Lipinski definition) is 1. The van der Waals surface area contributed by atoms with Crippen LogP contribution in [0.4, 0.5) is 0 Å². The lowest BCUT2D eigenvalue weighted by molar-refractivity contribution is 0.189. The molecule has 1 nitrogen and oxygen atoms in total. The number of nitrogens with two attached hydrogens (primary N) is 1. The summed E-state index contributed by atoms with van der Waals surface area (Å²) in [5.74, 6) is 2.02. The van der Waals surface area contributed by atoms with Gasteiger partial charge in [0.05, 0.1) is 0 Å². The van der Waals surface area contributed by atoms with E-state index in [2.05, 4.69) is 13.8 Å². The molecule has 106 valence electrons. The molecule has 0 saturated heterocycles. The lowest BCUT2D eigenvalue weighted by atomic mass is 9.72. The smallest absolute Gasteiger partial charge is 0.0452 e. The molecule has 1 aliphatic rings. The first kappa shape index (κ1) is 15.2. The van der Waals surface area contributed by atoms with E-state index in [0.29, 0.717) is 5.92 Å². The third kappa shape index (κ3) is 3.65. The van der Waals surface area contributed by atoms with E-state index >= 15 is 0 Å². The summed E-state index contributed by atoms with van der Waals surface area (Å²) in [5.41, 5.74) is 7.37. The van der Waals surface area contributed by atoms with Crippen molar-refractivity contribution in [3.63, 3.8) is 0 Å². The molecule has 1 aromatic carbocycles. The van der Waals surface area contributed by atoms with E-state index in [4.69, 9.17) is 28.9 Å². The van der Waals surface area contributed by atoms with Gasteiger partial charge < -0.3 is 5.73 Å². The minimum atomic E-state index is 0.280. The van der Waals surface area contributed by atoms with Gasteiger partial charge in [0.15, 0.2) is 0 Å². The van der Waals surface area contributed by atoms with E-state index in [1.807, 2.05) is 18.2 Å². The van der Waals surface area contributed by atoms with Crippen molar-refractivity contribution in [3.05, 3.63) is 33.8 Å². The van der Waals surface area contributed by atoms with Gasteiger partial charge >= 0.3 is 0 Å². The quantitative estimate of drug-likeness (QED) is 0.841. The molecule has 3 heteroatoms. The second-order valence-corrected chi connectivity index (χ2v) is 6.96. The van der Waals surface area contributed by atoms with Gasteiger partial charge in [-0.2, -0.15) is 0 Å². The molecule has 0 radical (unpaired) electrons. The molecule has 1 fully saturated rings. The van der Waals surface area contributed by atoms with Gasteiger partial charge in [-0.1, -0.05) is 43.1 Å². The first-order chi connectivity index (χ1) is 8.99. The maximum absolute atomic E-state index is 6.30. The third-order valence-electron chi connectivity index (χ3n) is 4.55. The van der Waals surface area contributed by atoms with Crippen LogP contribution in [0.5, 0.6) is 0 Å². The Hall–Kier alpha value is -0.240. The van der Waals surface area contributed by atoms with Crippen LogP contribution >= 0.6 is 23.2 Å². The summed E-state index contributed by atoms with van der Waals surface area (Å²) in [6.07, 6.45) is 4.48. The molecule has 0 aromatic heterocycles. The largest absolute Gasteiger partial charge is 0.327 e. The Balaban J connectivity index is 2.12. The standard InChI is InChI=1S/C16H23Cl2N/c1-10(2)11-6-7-16(19)12(8-11)9-13-14(17)4-3-5-15(13)18/h3-5,10-12,16H,6-9,19H2,1-2H3. The summed E-state index contributed by atoms with van der Waals surface area (Å²) in [7, 11) is 0. The van der Waals surface area contributed by atoms with E-state index in [1.165, 1.54) is 12.8 Å². The zero-order chi connectivity index (χ0) is 14.0. The van der Waals surface area contributed by atoms with Crippen LogP contribution in [0.3, 0.4) is 0 Å². The predicted molar refractivity (Wildman–Crippen MR) is 83.8 cm³/mol. The minimum absolute atomic E-state index is 0.280. The van der Waals surface area contributed by atoms with Crippen molar-refractivity contribution in [1.82, 2.24) is 0 Å². The molecule has 0 bridgehead atoms. The van der Waals surface area contributed by atoms with Gasteiger partial charge in [-0.15, -0.1) is 0 Å². The van der Waals surface area contributed by atoms with E-state index in [1.54, 1.807) is 0 Å². The Kier molecular flexibility index (Phi) is 5.16. The topological polar surface area (TPSA) is 26.0 Å². The predicted octanol–water partition coefficient (Wildman–Crippen LogP) is 4.94. The lowest BCUT2D eigenvalue weighted by Crippen LogP contribution is -2.38. The molecule has 3 unspecified atom stereocenters. The van der Waals surface area contributed by atoms with Crippen LogP contribution in [-0.2, 0) is 6.42 Å². The third-order valence-corrected chi connectivity index (χ3v) is 5.26. The highest BCUT2D eigenvalue weighted by molar-refractivity contribution is 6.35. The van der Waals surface area contributed by atoms with E-state index < -0.39 is 0 Å². The normalized spacial score (nSPS) is 27.8. The molecule has 2 N–H and O–H groups in total. The van der Waals surface area contributed by atoms with Crippen LogP contribution in [0.15, 0.2) is 18.2 Å². The molecule has 0 amide bonds. The Morgan fingerprint density at radius 1 is 1.21 bits per heavy atom. The molecule has 1 aliphatic carbocycles. The molecule has 3 atom stereocenters. The number of rotatable bonds is 3. The monoisotopic (exact) mass is 299 g/mol. The van der Waals surface area contributed by atoms with Gasteiger partial charge in [-0.3, -0.25) is 0 Å². The SMILES string of the molecule is CC(C)C1CCC(N)C(Cc2c(Cl)cccc2Cl)C1. The maximum atomic E-state index is 6.30. The van der Waals surface area contributed by atoms with Gasteiger partial charge in [-0.25, -0.2) is 0 Å². The van der Waals surface area contributed by atoms with E-state index in [9.17, 15) is 0 Å². The highest BCUT2D eigenvalue weighted by Crippen LogP contribution is 2.37. The van der Waals surface area contributed by atoms with Crippen molar-refractivity contribution >= 4 is 23.2 Å². The van der Waals surface area contributed by atoms with Crippen molar-refractivity contribution in [2.24, 2.45) is 23.5 Å². The molecule has 2 rings (SSSR count). The highest BCUT2D eigenvalue weighted by Gasteiger charge is 2.30. The number of benzene rings is 1. The Labute approximate surface area is 126 Å². The first-order valence-corrected chi connectivity index (χ1v) is 7.93. The molecular weight excluding hydrogens is 277 g/mol. The molecule has 0 aliphatic heterocycles. The molecule has 1 aromatic rings. The Bertz CT molecular complexity index is 411. The minimum Gasteiger partial charge on any atom is -0.327 e. The summed E-state index contributed by atoms with van der Waals surface area (Å²) >= 11 is 12.5. The average molecular weight is 300 g/mol. The van der Waals surface area contributed by atoms with Crippen molar-refractivity contribution < 1.29 is 0 Å². The second kappa shape index (κ2) is 6.47. The summed E-state index contributed by atoms with van der Waals surface area (Å²) in [4.78, 5) is 0. The Morgan fingerprint density at radius 2 is 1.84 bits per heavy atom. The fourth-order valence-electron chi connectivity index (χ4n) is 3.15. The summed E-state index contributed by atoms with van der Waals surface area (Å²) in [6, 6.07) is 6.00. The van der Waals surface area contributed by atoms with Crippen molar-refractivity contribution in [3.8, 4) is 0 Å². The summed E-state index contributed by atoms with van der Waals surface area (Å²) < 4.78 is 0. The van der Waals surface area contributed by atoms with Gasteiger partial charge in [0.2, 0.25) is 0 Å². The number of halogens is 2. The van der Waals surface area contributed by atoms with Crippen molar-refractivity contribution in [2.75, 3.05) is 0 Å². The first-order valence-electron chi connectivity index (χ1n) is 7.17. The van der Waals surface area contributed by atoms with E-state index in [-0.39, 0.29) is 6.04 Å². The average Bonchev–Trinajstić information content (AvgIpc) is 2.35. The molecular formula is C16H23Cl2N. The van der Waals surface area contributed by atoms with Gasteiger partial charge in [0.25, 0.3) is 0 Å². The van der Waals surface area contributed by atoms with Gasteiger partial charge in [-0.05, 0) is 61.1 Å². The van der Waals surface area contributed by atoms with Gasteiger partial charge in [0.1, 0.15) is 0 Å². The van der Waals surface area contributed by atoms with Crippen LogP contribution in [0.2, 0.25) is 10.0 Å². The fourth-order valence-corrected chi connectivity index (χ4v) is 3.71. The van der Waals surface area contributed by atoms with Crippen molar-refractivity contribution in [1.29, 1.82) is 0 Å². The van der Waals surface area contributed by atoms with Crippen LogP contribution in [0.25, 0.3) is 0 Å². The summed E-state index contributed by atoms with van der Waals surface area (Å²) in [6.45, 7) is 4.61. The van der Waals surface area contributed by atoms with E-state index in [0.717, 1.165) is 40.3 Å². The molecule has 19 heavy (non-hydrogen) atoms. The van der Waals surface area contributed by atoms with Crippen LogP contribution in [-0.4, -0.2) is 6.04 Å². The maximum Gasteiger partial charge on any atom is 0.0452 e. The fraction of sp³-hybridized carbons (Fsp3) is 0.625. The summed E-state index contributed by atoms with van der Waals surface area (Å²) in [5, 5.41) is 1.54. The van der Waals surface area contributed by atoms with Crippen LogP contribution < -0.4 is 5.73 Å². The molecule has 0 heterocycles. The highest BCUT2D eigenvalue weighted by atomic mass is 35.5. The van der Waals surface area contributed by atoms with Crippen LogP contribution in [0.1, 0.15) is 38.7 Å². The van der Waals surface area contributed by atoms with Gasteiger partial charge in [0, 0.05) is 16.1 Å². The van der Waals surface area contributed by atoms with Crippen molar-refractivity contribution in [2.45, 2.75) is 45.6 Å². The molecule has 1 saturated carbocycles. The van der Waals surface area contributed by atoms with Crippen LogP contribution in [0, 0.1) is 17.8 Å².